The maximum Gasteiger partial charge on any atom is 0.511 e. The maximum atomic E-state index is 15.9. The molecule has 3 heterocycles. The molecule has 1 N–H and O–H groups in total. The highest BCUT2D eigenvalue weighted by atomic mass is 19.1. The van der Waals surface area contributed by atoms with Crippen molar-refractivity contribution in [2.75, 3.05) is 37.7 Å². The lowest BCUT2D eigenvalue weighted by Crippen LogP contribution is -2.51. The van der Waals surface area contributed by atoms with E-state index in [1.54, 1.807) is 4.90 Å². The lowest BCUT2D eigenvalue weighted by atomic mass is 10.1. The zero-order chi connectivity index (χ0) is 24.1. The summed E-state index contributed by atoms with van der Waals surface area (Å²) < 4.78 is 43.2. The first-order valence-corrected chi connectivity index (χ1v) is 11.3. The van der Waals surface area contributed by atoms with Gasteiger partial charge in [-0.15, -0.1) is 0 Å². The van der Waals surface area contributed by atoms with Crippen molar-refractivity contribution in [3.8, 4) is 5.75 Å². The normalized spacial score (nSPS) is 22.7. The van der Waals surface area contributed by atoms with E-state index in [-0.39, 0.29) is 47.1 Å². The van der Waals surface area contributed by atoms with Gasteiger partial charge in [0.05, 0.1) is 35.9 Å². The molecule has 0 unspecified atom stereocenters. The van der Waals surface area contributed by atoms with E-state index < -0.39 is 29.0 Å². The van der Waals surface area contributed by atoms with Crippen LogP contribution in [0.25, 0.3) is 10.9 Å². The van der Waals surface area contributed by atoms with Crippen molar-refractivity contribution in [3.63, 3.8) is 0 Å². The van der Waals surface area contributed by atoms with Gasteiger partial charge in [-0.3, -0.25) is 14.5 Å². The zero-order valence-electron chi connectivity index (χ0n) is 18.6. The van der Waals surface area contributed by atoms with Crippen LogP contribution in [0.15, 0.2) is 17.1 Å². The van der Waals surface area contributed by atoms with Crippen molar-refractivity contribution in [2.24, 2.45) is 0 Å². The minimum Gasteiger partial charge on any atom is -0.449 e. The van der Waals surface area contributed by atoms with Gasteiger partial charge in [-0.25, -0.2) is 13.6 Å². The summed E-state index contributed by atoms with van der Waals surface area (Å²) in [7, 11) is 0. The first-order valence-electron chi connectivity index (χ1n) is 11.3. The minimum atomic E-state index is -1.68. The average molecular weight is 477 g/mol. The number of fused-ring (bicyclic) bond motifs is 2. The third-order valence-electron chi connectivity index (χ3n) is 6.77. The highest BCUT2D eigenvalue weighted by Gasteiger charge is 2.42. The second kappa shape index (κ2) is 8.62. The van der Waals surface area contributed by atoms with E-state index >= 15 is 8.78 Å². The molecule has 0 amide bonds. The molecule has 11 heteroatoms. The van der Waals surface area contributed by atoms with Gasteiger partial charge in [-0.1, -0.05) is 0 Å². The Bertz CT molecular complexity index is 1230. The van der Waals surface area contributed by atoms with Crippen molar-refractivity contribution < 1.29 is 33.0 Å². The smallest absolute Gasteiger partial charge is 0.449 e. The molecular weight excluding hydrogens is 452 g/mol. The van der Waals surface area contributed by atoms with Crippen LogP contribution in [0.2, 0.25) is 0 Å². The second-order valence-electron chi connectivity index (χ2n) is 9.12. The molecule has 34 heavy (non-hydrogen) atoms. The SMILES string of the molecule is CC(=O)CCN1CCO[C@@H]2CN(c3c(F)cc4c(=O)c(OC(=O)O)cn(C5CC5)c4c3F)C[C@@H]21. The Morgan fingerprint density at radius 1 is 1.26 bits per heavy atom. The third-order valence-corrected chi connectivity index (χ3v) is 6.77. The molecule has 0 bridgehead atoms. The van der Waals surface area contributed by atoms with Crippen LogP contribution < -0.4 is 15.1 Å². The molecule has 3 aliphatic rings. The minimum absolute atomic E-state index is 0.0640. The number of Topliss-reactive ketones (excluding diaryl/α,β-unsaturated/α-hetero) is 1. The monoisotopic (exact) mass is 477 g/mol. The molecular formula is C23H25F2N3O6. The van der Waals surface area contributed by atoms with Crippen LogP contribution in [0.1, 0.15) is 32.2 Å². The quantitative estimate of drug-likeness (QED) is 0.634. The molecule has 9 nitrogen and oxygen atoms in total. The maximum absolute atomic E-state index is 15.9. The number of aromatic nitrogens is 1. The van der Waals surface area contributed by atoms with Gasteiger partial charge in [0.1, 0.15) is 17.3 Å². The number of hydrogen-bond acceptors (Lipinski definition) is 7. The topological polar surface area (TPSA) is 101 Å². The molecule has 1 aromatic carbocycles. The first kappa shape index (κ1) is 22.7. The Morgan fingerprint density at radius 2 is 2.03 bits per heavy atom. The summed E-state index contributed by atoms with van der Waals surface area (Å²) in [4.78, 5) is 38.9. The summed E-state index contributed by atoms with van der Waals surface area (Å²) in [5.74, 6) is -2.19. The number of anilines is 1. The van der Waals surface area contributed by atoms with Gasteiger partial charge in [0.15, 0.2) is 11.6 Å². The zero-order valence-corrected chi connectivity index (χ0v) is 18.6. The number of ketones is 1. The predicted octanol–water partition coefficient (Wildman–Crippen LogP) is 2.54. The Hall–Kier alpha value is -3.05. The fourth-order valence-electron chi connectivity index (χ4n) is 5.02. The van der Waals surface area contributed by atoms with Crippen LogP contribution in [0, 0.1) is 11.6 Å². The number of rotatable bonds is 6. The highest BCUT2D eigenvalue weighted by molar-refractivity contribution is 5.86. The Labute approximate surface area is 193 Å². The highest BCUT2D eigenvalue weighted by Crippen LogP contribution is 2.41. The molecule has 3 fully saturated rings. The summed E-state index contributed by atoms with van der Waals surface area (Å²) >= 11 is 0. The number of hydrogen-bond donors (Lipinski definition) is 1. The molecule has 2 saturated heterocycles. The molecule has 2 atom stereocenters. The van der Waals surface area contributed by atoms with Gasteiger partial charge in [0, 0.05) is 38.6 Å². The predicted molar refractivity (Wildman–Crippen MR) is 118 cm³/mol. The van der Waals surface area contributed by atoms with Crippen molar-refractivity contribution >= 4 is 28.5 Å². The number of morpholine rings is 1. The number of carbonyl (C=O) groups excluding carboxylic acids is 1. The molecule has 0 spiro atoms. The fourth-order valence-corrected chi connectivity index (χ4v) is 5.02. The number of halogens is 2. The Balaban J connectivity index is 1.55. The van der Waals surface area contributed by atoms with Gasteiger partial charge >= 0.3 is 6.16 Å². The van der Waals surface area contributed by atoms with Crippen LogP contribution >= 0.6 is 0 Å². The molecule has 0 radical (unpaired) electrons. The first-order chi connectivity index (χ1) is 16.2. The van der Waals surface area contributed by atoms with Crippen molar-refractivity contribution in [1.82, 2.24) is 9.47 Å². The van der Waals surface area contributed by atoms with Crippen LogP contribution in [0.3, 0.4) is 0 Å². The van der Waals surface area contributed by atoms with E-state index in [0.29, 0.717) is 32.7 Å². The van der Waals surface area contributed by atoms with E-state index in [0.717, 1.165) is 18.9 Å². The number of ether oxygens (including phenoxy) is 2. The Kier molecular flexibility index (Phi) is 5.76. The number of pyridine rings is 1. The van der Waals surface area contributed by atoms with Gasteiger partial charge in [-0.05, 0) is 25.8 Å². The van der Waals surface area contributed by atoms with Crippen molar-refractivity contribution in [3.05, 3.63) is 34.1 Å². The molecule has 182 valence electrons. The van der Waals surface area contributed by atoms with E-state index in [2.05, 4.69) is 9.64 Å². The summed E-state index contributed by atoms with van der Waals surface area (Å²) in [5, 5.41) is 8.67. The number of carboxylic acid groups (broad SMARTS) is 1. The second-order valence-corrected chi connectivity index (χ2v) is 9.12. The number of carbonyl (C=O) groups is 2. The Morgan fingerprint density at radius 3 is 2.71 bits per heavy atom. The van der Waals surface area contributed by atoms with E-state index in [1.165, 1.54) is 17.7 Å². The lowest BCUT2D eigenvalue weighted by Gasteiger charge is -2.36. The van der Waals surface area contributed by atoms with Crippen LogP contribution in [-0.2, 0) is 9.53 Å². The largest absolute Gasteiger partial charge is 0.511 e. The van der Waals surface area contributed by atoms with Gasteiger partial charge in [-0.2, -0.15) is 0 Å². The average Bonchev–Trinajstić information content (AvgIpc) is 3.52. The molecule has 2 aliphatic heterocycles. The van der Waals surface area contributed by atoms with Crippen LogP contribution in [-0.4, -0.2) is 71.4 Å². The standard InChI is InChI=1S/C23H25F2N3O6/c1-12(29)4-5-26-6-7-33-17-10-27(9-16(17)26)21-15(24)8-14-20(19(21)25)28(13-2-3-13)11-18(22(14)30)34-23(31)32/h8,11,13,16-17H,2-7,9-10H2,1H3,(H,31,32)/t16-,17+/m0/s1. The molecule has 1 aromatic heterocycles. The molecule has 2 aromatic rings. The fraction of sp³-hybridized carbons (Fsp3) is 0.522. The van der Waals surface area contributed by atoms with E-state index in [1.807, 2.05) is 0 Å². The van der Waals surface area contributed by atoms with Crippen molar-refractivity contribution in [1.29, 1.82) is 0 Å². The summed E-state index contributed by atoms with van der Waals surface area (Å²) in [5.41, 5.74) is -1.18. The van der Waals surface area contributed by atoms with E-state index in [4.69, 9.17) is 9.84 Å². The summed E-state index contributed by atoms with van der Waals surface area (Å²) in [6.45, 7) is 3.79. The summed E-state index contributed by atoms with van der Waals surface area (Å²) in [6, 6.07) is 0.721. The molecule has 1 aliphatic carbocycles. The number of nitrogens with zero attached hydrogens (tertiary/aromatic N) is 3. The molecule has 5 rings (SSSR count). The van der Waals surface area contributed by atoms with E-state index in [9.17, 15) is 14.4 Å². The van der Waals surface area contributed by atoms with Crippen LogP contribution in [0.5, 0.6) is 5.75 Å². The lowest BCUT2D eigenvalue weighted by molar-refractivity contribution is -0.118. The third kappa shape index (κ3) is 4.03. The number of benzene rings is 1. The summed E-state index contributed by atoms with van der Waals surface area (Å²) in [6.07, 6.45) is 1.11. The van der Waals surface area contributed by atoms with Gasteiger partial charge in [0.25, 0.3) is 0 Å². The molecule has 1 saturated carbocycles. The van der Waals surface area contributed by atoms with Gasteiger partial charge < -0.3 is 24.0 Å². The van der Waals surface area contributed by atoms with Crippen molar-refractivity contribution in [2.45, 2.75) is 44.4 Å². The van der Waals surface area contributed by atoms with Crippen LogP contribution in [0.4, 0.5) is 19.3 Å². The van der Waals surface area contributed by atoms with Gasteiger partial charge in [0.2, 0.25) is 5.43 Å².